The van der Waals surface area contributed by atoms with Crippen molar-refractivity contribution in [2.45, 2.75) is 19.9 Å². The lowest BCUT2D eigenvalue weighted by Gasteiger charge is -2.06. The van der Waals surface area contributed by atoms with Crippen LogP contribution in [0.15, 0.2) is 17.5 Å². The standard InChI is InChI=1S/C12H11Cl2N3OS/c1-2-7-3-4-19-9(7)6-15-12(18)8-5-10(13)16-17-11(8)14/h3-5H,2,6H2,1H3,(H,15,18). The minimum absolute atomic E-state index is 0.0452. The normalized spacial score (nSPS) is 10.5. The number of hydrogen-bond acceptors (Lipinski definition) is 4. The van der Waals surface area contributed by atoms with E-state index in [1.807, 2.05) is 5.38 Å². The number of nitrogens with one attached hydrogen (secondary N) is 1. The molecule has 2 heterocycles. The van der Waals surface area contributed by atoms with Gasteiger partial charge in [-0.05, 0) is 29.5 Å². The topological polar surface area (TPSA) is 54.9 Å². The van der Waals surface area contributed by atoms with E-state index in [9.17, 15) is 4.79 Å². The van der Waals surface area contributed by atoms with Gasteiger partial charge < -0.3 is 5.32 Å². The van der Waals surface area contributed by atoms with Gasteiger partial charge >= 0.3 is 0 Å². The molecule has 0 saturated heterocycles. The lowest BCUT2D eigenvalue weighted by Crippen LogP contribution is -2.23. The Bertz CT molecular complexity index is 600. The van der Waals surface area contributed by atoms with E-state index >= 15 is 0 Å². The third-order valence-electron chi connectivity index (χ3n) is 2.59. The van der Waals surface area contributed by atoms with E-state index in [-0.39, 0.29) is 21.8 Å². The van der Waals surface area contributed by atoms with Gasteiger partial charge in [-0.15, -0.1) is 21.5 Å². The third kappa shape index (κ3) is 3.43. The molecule has 0 bridgehead atoms. The number of nitrogens with zero attached hydrogens (tertiary/aromatic N) is 2. The molecule has 0 aromatic carbocycles. The Labute approximate surface area is 124 Å². The summed E-state index contributed by atoms with van der Waals surface area (Å²) in [6.07, 6.45) is 0.943. The van der Waals surface area contributed by atoms with E-state index in [1.165, 1.54) is 11.6 Å². The Morgan fingerprint density at radius 1 is 1.42 bits per heavy atom. The van der Waals surface area contributed by atoms with Crippen molar-refractivity contribution < 1.29 is 4.79 Å². The lowest BCUT2D eigenvalue weighted by atomic mass is 10.2. The van der Waals surface area contributed by atoms with Crippen LogP contribution in [0.1, 0.15) is 27.7 Å². The van der Waals surface area contributed by atoms with Crippen molar-refractivity contribution in [3.8, 4) is 0 Å². The average molecular weight is 316 g/mol. The number of carbonyl (C=O) groups excluding carboxylic acids is 1. The van der Waals surface area contributed by atoms with Crippen molar-refractivity contribution in [2.75, 3.05) is 0 Å². The minimum Gasteiger partial charge on any atom is -0.347 e. The first-order chi connectivity index (χ1) is 9.11. The summed E-state index contributed by atoms with van der Waals surface area (Å²) in [5.41, 5.74) is 1.47. The fraction of sp³-hybridized carbons (Fsp3) is 0.250. The van der Waals surface area contributed by atoms with E-state index in [4.69, 9.17) is 23.2 Å². The van der Waals surface area contributed by atoms with Crippen LogP contribution < -0.4 is 5.32 Å². The second-order valence-corrected chi connectivity index (χ2v) is 5.52. The number of halogens is 2. The van der Waals surface area contributed by atoms with Gasteiger partial charge in [0.25, 0.3) is 5.91 Å². The van der Waals surface area contributed by atoms with Gasteiger partial charge in [0, 0.05) is 4.88 Å². The summed E-state index contributed by atoms with van der Waals surface area (Å²) in [5.74, 6) is -0.308. The van der Waals surface area contributed by atoms with Gasteiger partial charge in [-0.1, -0.05) is 30.1 Å². The number of rotatable bonds is 4. The van der Waals surface area contributed by atoms with Crippen LogP contribution >= 0.6 is 34.5 Å². The van der Waals surface area contributed by atoms with E-state index in [0.717, 1.165) is 11.3 Å². The molecular weight excluding hydrogens is 305 g/mol. The second kappa shape index (κ2) is 6.32. The molecule has 2 aromatic heterocycles. The van der Waals surface area contributed by atoms with Crippen LogP contribution in [-0.4, -0.2) is 16.1 Å². The molecular formula is C12H11Cl2N3OS. The number of carbonyl (C=O) groups is 1. The Morgan fingerprint density at radius 3 is 2.95 bits per heavy atom. The van der Waals surface area contributed by atoms with Crippen molar-refractivity contribution in [1.29, 1.82) is 0 Å². The van der Waals surface area contributed by atoms with Gasteiger partial charge in [0.15, 0.2) is 10.3 Å². The van der Waals surface area contributed by atoms with Crippen LogP contribution in [0, 0.1) is 0 Å². The zero-order chi connectivity index (χ0) is 13.8. The van der Waals surface area contributed by atoms with E-state index in [2.05, 4.69) is 28.5 Å². The van der Waals surface area contributed by atoms with Gasteiger partial charge in [-0.2, -0.15) is 0 Å². The summed E-state index contributed by atoms with van der Waals surface area (Å²) < 4.78 is 0. The zero-order valence-electron chi connectivity index (χ0n) is 10.1. The molecule has 1 N–H and O–H groups in total. The van der Waals surface area contributed by atoms with Gasteiger partial charge in [0.1, 0.15) is 0 Å². The molecule has 4 nitrogen and oxygen atoms in total. The molecule has 0 fully saturated rings. The maximum Gasteiger partial charge on any atom is 0.254 e. The van der Waals surface area contributed by atoms with E-state index in [0.29, 0.717) is 6.54 Å². The van der Waals surface area contributed by atoms with E-state index in [1.54, 1.807) is 11.3 Å². The molecule has 0 aliphatic rings. The zero-order valence-corrected chi connectivity index (χ0v) is 12.4. The fourth-order valence-corrected chi connectivity index (χ4v) is 2.85. The first kappa shape index (κ1) is 14.2. The smallest absolute Gasteiger partial charge is 0.254 e. The van der Waals surface area contributed by atoms with Crippen molar-refractivity contribution in [1.82, 2.24) is 15.5 Å². The molecule has 0 spiro atoms. The van der Waals surface area contributed by atoms with Gasteiger partial charge in [0.2, 0.25) is 0 Å². The molecule has 7 heteroatoms. The molecule has 0 atom stereocenters. The number of aromatic nitrogens is 2. The summed E-state index contributed by atoms with van der Waals surface area (Å²) in [6.45, 7) is 2.55. The first-order valence-corrected chi connectivity index (χ1v) is 7.27. The molecule has 0 unspecified atom stereocenters. The van der Waals surface area contributed by atoms with Crippen LogP contribution in [0.5, 0.6) is 0 Å². The summed E-state index contributed by atoms with van der Waals surface area (Å²) in [7, 11) is 0. The SMILES string of the molecule is CCc1ccsc1CNC(=O)c1cc(Cl)nnc1Cl. The molecule has 19 heavy (non-hydrogen) atoms. The predicted octanol–water partition coefficient (Wildman–Crippen LogP) is 3.34. The highest BCUT2D eigenvalue weighted by molar-refractivity contribution is 7.10. The van der Waals surface area contributed by atoms with Crippen LogP contribution in [0.25, 0.3) is 0 Å². The minimum atomic E-state index is -0.308. The first-order valence-electron chi connectivity index (χ1n) is 5.64. The lowest BCUT2D eigenvalue weighted by molar-refractivity contribution is 0.0951. The Kier molecular flexibility index (Phi) is 4.74. The molecule has 1 amide bonds. The van der Waals surface area contributed by atoms with Crippen LogP contribution in [0.4, 0.5) is 0 Å². The van der Waals surface area contributed by atoms with Crippen LogP contribution in [0.3, 0.4) is 0 Å². The predicted molar refractivity (Wildman–Crippen MR) is 76.9 cm³/mol. The fourth-order valence-electron chi connectivity index (χ4n) is 1.61. The molecule has 2 aromatic rings. The van der Waals surface area contributed by atoms with Gasteiger partial charge in [-0.25, -0.2) is 0 Å². The summed E-state index contributed by atoms with van der Waals surface area (Å²) in [6, 6.07) is 3.46. The maximum absolute atomic E-state index is 12.0. The third-order valence-corrected chi connectivity index (χ3v) is 4.02. The number of amides is 1. The Hall–Kier alpha value is -1.17. The number of thiophene rings is 1. The molecule has 0 saturated carbocycles. The van der Waals surface area contributed by atoms with Gasteiger partial charge in [-0.3, -0.25) is 4.79 Å². The van der Waals surface area contributed by atoms with Crippen molar-refractivity contribution in [3.63, 3.8) is 0 Å². The quantitative estimate of drug-likeness (QED) is 0.941. The monoisotopic (exact) mass is 315 g/mol. The van der Waals surface area contributed by atoms with Crippen LogP contribution in [-0.2, 0) is 13.0 Å². The number of aryl methyl sites for hydroxylation is 1. The van der Waals surface area contributed by atoms with Crippen LogP contribution in [0.2, 0.25) is 10.3 Å². The summed E-state index contributed by atoms with van der Waals surface area (Å²) in [4.78, 5) is 13.1. The molecule has 0 aliphatic carbocycles. The highest BCUT2D eigenvalue weighted by Crippen LogP contribution is 2.18. The highest BCUT2D eigenvalue weighted by Gasteiger charge is 2.13. The van der Waals surface area contributed by atoms with Crippen molar-refractivity contribution in [2.24, 2.45) is 0 Å². The molecule has 100 valence electrons. The number of hydrogen-bond donors (Lipinski definition) is 1. The molecule has 0 radical (unpaired) electrons. The summed E-state index contributed by atoms with van der Waals surface area (Å²) in [5, 5.41) is 12.2. The van der Waals surface area contributed by atoms with E-state index < -0.39 is 0 Å². The Morgan fingerprint density at radius 2 is 2.21 bits per heavy atom. The Balaban J connectivity index is 2.07. The van der Waals surface area contributed by atoms with Crippen molar-refractivity contribution >= 4 is 40.4 Å². The van der Waals surface area contributed by atoms with Gasteiger partial charge in [0.05, 0.1) is 12.1 Å². The molecule has 0 aliphatic heterocycles. The maximum atomic E-state index is 12.0. The summed E-state index contributed by atoms with van der Waals surface area (Å²) >= 11 is 13.1. The largest absolute Gasteiger partial charge is 0.347 e. The van der Waals surface area contributed by atoms with Crippen molar-refractivity contribution in [3.05, 3.63) is 43.8 Å². The molecule has 2 rings (SSSR count). The highest BCUT2D eigenvalue weighted by atomic mass is 35.5. The average Bonchev–Trinajstić information content (AvgIpc) is 2.86. The second-order valence-electron chi connectivity index (χ2n) is 3.78.